The van der Waals surface area contributed by atoms with Gasteiger partial charge < -0.3 is 15.0 Å². The maximum atomic E-state index is 13.0. The summed E-state index contributed by atoms with van der Waals surface area (Å²) in [5, 5.41) is 14.3. The summed E-state index contributed by atoms with van der Waals surface area (Å²) in [7, 11) is 1.95. The SMILES string of the molecule is Cn1cc(CC(=O)NCC(C)(O)c2ccc(F)cc2)c2ccccc21. The number of fused-ring (bicyclic) bond motifs is 1. The average Bonchev–Trinajstić information content (AvgIpc) is 2.90. The molecular formula is C20H21FN2O2. The van der Waals surface area contributed by atoms with Gasteiger partial charge in [0, 0.05) is 24.1 Å². The lowest BCUT2D eigenvalue weighted by atomic mass is 9.96. The Kier molecular flexibility index (Phi) is 4.59. The van der Waals surface area contributed by atoms with Crippen LogP contribution in [-0.2, 0) is 23.9 Å². The number of carbonyl (C=O) groups is 1. The third kappa shape index (κ3) is 3.72. The molecule has 0 spiro atoms. The van der Waals surface area contributed by atoms with E-state index >= 15 is 0 Å². The third-order valence-electron chi connectivity index (χ3n) is 4.43. The number of halogens is 1. The van der Waals surface area contributed by atoms with E-state index in [0.29, 0.717) is 5.56 Å². The summed E-state index contributed by atoms with van der Waals surface area (Å²) in [6.07, 6.45) is 2.18. The molecule has 25 heavy (non-hydrogen) atoms. The maximum Gasteiger partial charge on any atom is 0.224 e. The first-order chi connectivity index (χ1) is 11.9. The van der Waals surface area contributed by atoms with Crippen LogP contribution in [0.25, 0.3) is 10.9 Å². The summed E-state index contributed by atoms with van der Waals surface area (Å²) in [5.41, 5.74) is 1.31. The van der Waals surface area contributed by atoms with Crippen LogP contribution in [0.3, 0.4) is 0 Å². The minimum atomic E-state index is -1.26. The van der Waals surface area contributed by atoms with Gasteiger partial charge in [-0.3, -0.25) is 4.79 Å². The minimum Gasteiger partial charge on any atom is -0.384 e. The van der Waals surface area contributed by atoms with Crippen molar-refractivity contribution in [3.8, 4) is 0 Å². The van der Waals surface area contributed by atoms with Crippen LogP contribution in [0.4, 0.5) is 4.39 Å². The first-order valence-electron chi connectivity index (χ1n) is 8.15. The second-order valence-corrected chi connectivity index (χ2v) is 6.52. The van der Waals surface area contributed by atoms with Crippen molar-refractivity contribution in [1.82, 2.24) is 9.88 Å². The quantitative estimate of drug-likeness (QED) is 0.750. The van der Waals surface area contributed by atoms with E-state index in [1.54, 1.807) is 6.92 Å². The smallest absolute Gasteiger partial charge is 0.224 e. The molecule has 1 heterocycles. The Labute approximate surface area is 145 Å². The van der Waals surface area contributed by atoms with Crippen molar-refractivity contribution in [3.05, 3.63) is 71.7 Å². The number of rotatable bonds is 5. The molecule has 1 amide bonds. The molecule has 0 aliphatic rings. The molecule has 3 aromatic rings. The summed E-state index contributed by atoms with van der Waals surface area (Å²) in [6.45, 7) is 1.65. The fraction of sp³-hybridized carbons (Fsp3) is 0.250. The number of amides is 1. The lowest BCUT2D eigenvalue weighted by Crippen LogP contribution is -2.39. The highest BCUT2D eigenvalue weighted by molar-refractivity contribution is 5.89. The van der Waals surface area contributed by atoms with E-state index in [-0.39, 0.29) is 24.7 Å². The van der Waals surface area contributed by atoms with Crippen LogP contribution < -0.4 is 5.32 Å². The van der Waals surface area contributed by atoms with E-state index in [9.17, 15) is 14.3 Å². The third-order valence-corrected chi connectivity index (χ3v) is 4.43. The standard InChI is InChI=1S/C20H21FN2O2/c1-20(25,15-7-9-16(21)10-8-15)13-22-19(24)11-14-12-23(2)18-6-4-3-5-17(14)18/h3-10,12,25H,11,13H2,1-2H3,(H,22,24). The molecule has 0 aliphatic carbocycles. The lowest BCUT2D eigenvalue weighted by molar-refractivity contribution is -0.121. The Morgan fingerprint density at radius 3 is 2.60 bits per heavy atom. The Morgan fingerprint density at radius 1 is 1.20 bits per heavy atom. The number of nitrogens with zero attached hydrogens (tertiary/aromatic N) is 1. The van der Waals surface area contributed by atoms with E-state index in [0.717, 1.165) is 16.5 Å². The molecule has 1 aromatic heterocycles. The van der Waals surface area contributed by atoms with Crippen molar-refractivity contribution < 1.29 is 14.3 Å². The van der Waals surface area contributed by atoms with Crippen molar-refractivity contribution in [2.24, 2.45) is 7.05 Å². The molecule has 2 N–H and O–H groups in total. The van der Waals surface area contributed by atoms with E-state index in [1.807, 2.05) is 42.1 Å². The Hall–Kier alpha value is -2.66. The number of aromatic nitrogens is 1. The number of benzene rings is 2. The zero-order valence-corrected chi connectivity index (χ0v) is 14.3. The summed E-state index contributed by atoms with van der Waals surface area (Å²) < 4.78 is 15.0. The van der Waals surface area contributed by atoms with Gasteiger partial charge in [-0.25, -0.2) is 4.39 Å². The molecule has 0 aliphatic heterocycles. The summed E-state index contributed by atoms with van der Waals surface area (Å²) in [5.74, 6) is -0.529. The number of nitrogens with one attached hydrogen (secondary N) is 1. The molecule has 0 saturated carbocycles. The summed E-state index contributed by atoms with van der Waals surface area (Å²) in [4.78, 5) is 12.3. The van der Waals surface area contributed by atoms with Gasteiger partial charge in [0.2, 0.25) is 5.91 Å². The molecule has 2 aromatic carbocycles. The van der Waals surface area contributed by atoms with Gasteiger partial charge >= 0.3 is 0 Å². The largest absolute Gasteiger partial charge is 0.384 e. The van der Waals surface area contributed by atoms with Gasteiger partial charge in [-0.1, -0.05) is 30.3 Å². The molecule has 1 atom stereocenters. The number of hydrogen-bond donors (Lipinski definition) is 2. The highest BCUT2D eigenvalue weighted by Gasteiger charge is 2.24. The van der Waals surface area contributed by atoms with Crippen LogP contribution in [0.5, 0.6) is 0 Å². The predicted octanol–water partition coefficient (Wildman–Crippen LogP) is 2.88. The zero-order valence-electron chi connectivity index (χ0n) is 14.3. The van der Waals surface area contributed by atoms with Crippen molar-refractivity contribution in [2.75, 3.05) is 6.54 Å². The number of hydrogen-bond acceptors (Lipinski definition) is 2. The van der Waals surface area contributed by atoms with Gasteiger partial charge in [0.05, 0.1) is 13.0 Å². The van der Waals surface area contributed by atoms with Gasteiger partial charge in [-0.2, -0.15) is 0 Å². The molecule has 4 nitrogen and oxygen atoms in total. The first-order valence-corrected chi connectivity index (χ1v) is 8.15. The Bertz CT molecular complexity index is 898. The molecule has 130 valence electrons. The zero-order chi connectivity index (χ0) is 18.0. The second kappa shape index (κ2) is 6.69. The molecule has 5 heteroatoms. The number of aliphatic hydroxyl groups is 1. The van der Waals surface area contributed by atoms with Crippen LogP contribution in [0.2, 0.25) is 0 Å². The van der Waals surface area contributed by atoms with Gasteiger partial charge in [-0.05, 0) is 36.2 Å². The van der Waals surface area contributed by atoms with Crippen LogP contribution in [-0.4, -0.2) is 22.1 Å². The molecule has 0 saturated heterocycles. The Morgan fingerprint density at radius 2 is 1.88 bits per heavy atom. The van der Waals surface area contributed by atoms with Crippen molar-refractivity contribution in [2.45, 2.75) is 18.9 Å². The molecule has 1 unspecified atom stereocenters. The van der Waals surface area contributed by atoms with Crippen LogP contribution in [0, 0.1) is 5.82 Å². The number of carbonyl (C=O) groups excluding carboxylic acids is 1. The average molecular weight is 340 g/mol. The van der Waals surface area contributed by atoms with E-state index < -0.39 is 5.60 Å². The highest BCUT2D eigenvalue weighted by atomic mass is 19.1. The van der Waals surface area contributed by atoms with Gasteiger partial charge in [0.1, 0.15) is 11.4 Å². The topological polar surface area (TPSA) is 54.3 Å². The van der Waals surface area contributed by atoms with Gasteiger partial charge in [-0.15, -0.1) is 0 Å². The summed E-state index contributed by atoms with van der Waals surface area (Å²) in [6, 6.07) is 13.5. The van der Waals surface area contributed by atoms with E-state index in [1.165, 1.54) is 24.3 Å². The molecule has 0 fully saturated rings. The minimum absolute atomic E-state index is 0.0578. The normalized spacial score (nSPS) is 13.6. The van der Waals surface area contributed by atoms with E-state index in [4.69, 9.17) is 0 Å². The number of para-hydroxylation sites is 1. The van der Waals surface area contributed by atoms with Crippen molar-refractivity contribution in [3.63, 3.8) is 0 Å². The molecular weight excluding hydrogens is 319 g/mol. The van der Waals surface area contributed by atoms with E-state index in [2.05, 4.69) is 5.32 Å². The monoisotopic (exact) mass is 340 g/mol. The van der Waals surface area contributed by atoms with Crippen LogP contribution in [0.1, 0.15) is 18.1 Å². The van der Waals surface area contributed by atoms with Crippen LogP contribution in [0.15, 0.2) is 54.7 Å². The summed E-state index contributed by atoms with van der Waals surface area (Å²) >= 11 is 0. The fourth-order valence-corrected chi connectivity index (χ4v) is 2.98. The van der Waals surface area contributed by atoms with Gasteiger partial charge in [0.25, 0.3) is 0 Å². The van der Waals surface area contributed by atoms with Crippen molar-refractivity contribution >= 4 is 16.8 Å². The Balaban J connectivity index is 1.67. The predicted molar refractivity (Wildman–Crippen MR) is 95.6 cm³/mol. The number of aryl methyl sites for hydroxylation is 1. The van der Waals surface area contributed by atoms with Gasteiger partial charge in [0.15, 0.2) is 0 Å². The lowest BCUT2D eigenvalue weighted by Gasteiger charge is -2.24. The first kappa shape index (κ1) is 17.2. The molecule has 0 radical (unpaired) electrons. The fourth-order valence-electron chi connectivity index (χ4n) is 2.98. The maximum absolute atomic E-state index is 13.0. The second-order valence-electron chi connectivity index (χ2n) is 6.52. The molecule has 3 rings (SSSR count). The molecule has 0 bridgehead atoms. The highest BCUT2D eigenvalue weighted by Crippen LogP contribution is 2.22. The van der Waals surface area contributed by atoms with Crippen LogP contribution >= 0.6 is 0 Å². The van der Waals surface area contributed by atoms with Crippen molar-refractivity contribution in [1.29, 1.82) is 0 Å².